The van der Waals surface area contributed by atoms with Gasteiger partial charge in [0.1, 0.15) is 5.82 Å². The van der Waals surface area contributed by atoms with Gasteiger partial charge in [-0.25, -0.2) is 13.6 Å². The second-order valence-electron chi connectivity index (χ2n) is 5.70. The molecule has 0 spiro atoms. The highest BCUT2D eigenvalue weighted by atomic mass is 19.1. The van der Waals surface area contributed by atoms with Crippen LogP contribution < -0.4 is 10.6 Å². The van der Waals surface area contributed by atoms with Crippen molar-refractivity contribution < 1.29 is 18.4 Å². The number of likely N-dealkylation sites (tertiary alicyclic amines) is 1. The van der Waals surface area contributed by atoms with Crippen molar-refractivity contribution in [3.05, 3.63) is 59.9 Å². The van der Waals surface area contributed by atoms with Gasteiger partial charge in [0.25, 0.3) is 5.91 Å². The van der Waals surface area contributed by atoms with Gasteiger partial charge in [-0.15, -0.1) is 0 Å². The molecule has 0 saturated carbocycles. The number of halogens is 2. The molecule has 0 bridgehead atoms. The van der Waals surface area contributed by atoms with Crippen LogP contribution in [0.1, 0.15) is 16.8 Å². The summed E-state index contributed by atoms with van der Waals surface area (Å²) >= 11 is 0. The van der Waals surface area contributed by atoms with Gasteiger partial charge in [0, 0.05) is 31.0 Å². The predicted octanol–water partition coefficient (Wildman–Crippen LogP) is 2.40. The van der Waals surface area contributed by atoms with Crippen LogP contribution in [0, 0.1) is 11.6 Å². The highest BCUT2D eigenvalue weighted by Crippen LogP contribution is 2.16. The maximum absolute atomic E-state index is 13.7. The largest absolute Gasteiger partial charge is 0.336 e. The molecule has 1 aromatic heterocycles. The molecule has 25 heavy (non-hydrogen) atoms. The third kappa shape index (κ3) is 4.09. The number of urea groups is 1. The minimum atomic E-state index is -0.669. The summed E-state index contributed by atoms with van der Waals surface area (Å²) in [6.07, 6.45) is 2.92. The van der Waals surface area contributed by atoms with Crippen LogP contribution in [0.25, 0.3) is 0 Å². The Kier molecular flexibility index (Phi) is 4.87. The van der Waals surface area contributed by atoms with Crippen molar-refractivity contribution in [1.82, 2.24) is 15.2 Å². The Morgan fingerprint density at radius 2 is 1.92 bits per heavy atom. The lowest BCUT2D eigenvalue weighted by Gasteiger charge is -2.17. The summed E-state index contributed by atoms with van der Waals surface area (Å²) in [6.45, 7) is 0.708. The molecule has 6 nitrogen and oxygen atoms in total. The SMILES string of the molecule is O=C(Nc1ccc(F)cc1)N[C@H]1CCN(C(=O)c2ccncc2F)C1. The molecule has 0 unspecified atom stereocenters. The number of amides is 3. The van der Waals surface area contributed by atoms with Crippen LogP contribution in [-0.4, -0.2) is 41.0 Å². The fraction of sp³-hybridized carbons (Fsp3) is 0.235. The second-order valence-corrected chi connectivity index (χ2v) is 5.70. The molecule has 2 aromatic rings. The zero-order valence-electron chi connectivity index (χ0n) is 13.2. The molecule has 3 amide bonds. The first kappa shape index (κ1) is 16.8. The number of pyridine rings is 1. The maximum Gasteiger partial charge on any atom is 0.319 e. The number of nitrogens with one attached hydrogen (secondary N) is 2. The zero-order valence-corrected chi connectivity index (χ0v) is 13.2. The van der Waals surface area contributed by atoms with E-state index in [0.29, 0.717) is 18.7 Å². The van der Waals surface area contributed by atoms with Gasteiger partial charge < -0.3 is 15.5 Å². The molecular weight excluding hydrogens is 330 g/mol. The zero-order chi connectivity index (χ0) is 17.8. The highest BCUT2D eigenvalue weighted by Gasteiger charge is 2.29. The molecule has 2 N–H and O–H groups in total. The van der Waals surface area contributed by atoms with Crippen LogP contribution in [0.2, 0.25) is 0 Å². The second kappa shape index (κ2) is 7.25. The van der Waals surface area contributed by atoms with Crippen molar-refractivity contribution in [3.63, 3.8) is 0 Å². The number of aromatic nitrogens is 1. The van der Waals surface area contributed by atoms with E-state index in [9.17, 15) is 18.4 Å². The molecular formula is C17H16F2N4O2. The summed E-state index contributed by atoms with van der Waals surface area (Å²) in [5.74, 6) is -1.49. The van der Waals surface area contributed by atoms with E-state index in [-0.39, 0.29) is 24.0 Å². The van der Waals surface area contributed by atoms with Gasteiger partial charge in [0.05, 0.1) is 11.8 Å². The van der Waals surface area contributed by atoms with E-state index in [1.165, 1.54) is 41.4 Å². The molecule has 1 aromatic carbocycles. The normalized spacial score (nSPS) is 16.6. The quantitative estimate of drug-likeness (QED) is 0.896. The average Bonchev–Trinajstić information content (AvgIpc) is 3.05. The number of rotatable bonds is 3. The summed E-state index contributed by atoms with van der Waals surface area (Å²) < 4.78 is 26.5. The number of carbonyl (C=O) groups excluding carboxylic acids is 2. The van der Waals surface area contributed by atoms with E-state index in [1.54, 1.807) is 0 Å². The van der Waals surface area contributed by atoms with Gasteiger partial charge >= 0.3 is 6.03 Å². The van der Waals surface area contributed by atoms with Gasteiger partial charge in [0.2, 0.25) is 0 Å². The molecule has 1 saturated heterocycles. The number of anilines is 1. The molecule has 8 heteroatoms. The Hall–Kier alpha value is -3.03. The van der Waals surface area contributed by atoms with E-state index in [4.69, 9.17) is 0 Å². The standard InChI is InChI=1S/C17H16F2N4O2/c18-11-1-3-12(4-2-11)21-17(25)22-13-6-8-23(10-13)16(24)14-5-7-20-9-15(14)19/h1-5,7,9,13H,6,8,10H2,(H2,21,22,25)/t13-/m0/s1. The van der Waals surface area contributed by atoms with Crippen LogP contribution in [0.4, 0.5) is 19.3 Å². The molecule has 0 radical (unpaired) electrons. The minimum absolute atomic E-state index is 0.0357. The van der Waals surface area contributed by atoms with E-state index in [1.807, 2.05) is 0 Å². The molecule has 1 aliphatic heterocycles. The number of benzene rings is 1. The minimum Gasteiger partial charge on any atom is -0.336 e. The van der Waals surface area contributed by atoms with Crippen molar-refractivity contribution in [3.8, 4) is 0 Å². The van der Waals surface area contributed by atoms with Crippen molar-refractivity contribution in [1.29, 1.82) is 0 Å². The molecule has 130 valence electrons. The molecule has 3 rings (SSSR count). The van der Waals surface area contributed by atoms with Crippen LogP contribution in [0.3, 0.4) is 0 Å². The molecule has 0 aliphatic carbocycles. The summed E-state index contributed by atoms with van der Waals surface area (Å²) in [5.41, 5.74) is 0.426. The van der Waals surface area contributed by atoms with Crippen molar-refractivity contribution >= 4 is 17.6 Å². The van der Waals surface area contributed by atoms with Gasteiger partial charge in [-0.05, 0) is 36.8 Å². The maximum atomic E-state index is 13.7. The Labute approximate surface area is 142 Å². The molecule has 2 heterocycles. The Morgan fingerprint density at radius 1 is 1.16 bits per heavy atom. The Bertz CT molecular complexity index is 782. The van der Waals surface area contributed by atoms with Crippen molar-refractivity contribution in [2.45, 2.75) is 12.5 Å². The lowest BCUT2D eigenvalue weighted by Crippen LogP contribution is -2.40. The van der Waals surface area contributed by atoms with Crippen LogP contribution in [-0.2, 0) is 0 Å². The van der Waals surface area contributed by atoms with E-state index < -0.39 is 17.8 Å². The summed E-state index contributed by atoms with van der Waals surface area (Å²) in [5, 5.41) is 5.34. The van der Waals surface area contributed by atoms with E-state index >= 15 is 0 Å². The topological polar surface area (TPSA) is 74.3 Å². The molecule has 1 fully saturated rings. The first-order chi connectivity index (χ1) is 12.0. The molecule has 1 aliphatic rings. The van der Waals surface area contributed by atoms with Crippen LogP contribution >= 0.6 is 0 Å². The first-order valence-corrected chi connectivity index (χ1v) is 7.75. The lowest BCUT2D eigenvalue weighted by molar-refractivity contribution is 0.0784. The number of nitrogens with zero attached hydrogens (tertiary/aromatic N) is 2. The number of hydrogen-bond acceptors (Lipinski definition) is 3. The number of hydrogen-bond donors (Lipinski definition) is 2. The van der Waals surface area contributed by atoms with Crippen molar-refractivity contribution in [2.75, 3.05) is 18.4 Å². The average molecular weight is 346 g/mol. The third-order valence-electron chi connectivity index (χ3n) is 3.92. The van der Waals surface area contributed by atoms with Gasteiger partial charge in [0.15, 0.2) is 5.82 Å². The van der Waals surface area contributed by atoms with Crippen LogP contribution in [0.5, 0.6) is 0 Å². The third-order valence-corrected chi connectivity index (χ3v) is 3.92. The monoisotopic (exact) mass is 346 g/mol. The fourth-order valence-corrected chi connectivity index (χ4v) is 2.67. The van der Waals surface area contributed by atoms with Gasteiger partial charge in [-0.3, -0.25) is 9.78 Å². The Balaban J connectivity index is 1.54. The smallest absolute Gasteiger partial charge is 0.319 e. The highest BCUT2D eigenvalue weighted by molar-refractivity contribution is 5.94. The van der Waals surface area contributed by atoms with Gasteiger partial charge in [-0.2, -0.15) is 0 Å². The summed E-state index contributed by atoms with van der Waals surface area (Å²) in [6, 6.07) is 6.04. The van der Waals surface area contributed by atoms with E-state index in [0.717, 1.165) is 6.20 Å². The fourth-order valence-electron chi connectivity index (χ4n) is 2.67. The number of carbonyl (C=O) groups is 2. The predicted molar refractivity (Wildman–Crippen MR) is 87.1 cm³/mol. The van der Waals surface area contributed by atoms with Crippen molar-refractivity contribution in [2.24, 2.45) is 0 Å². The van der Waals surface area contributed by atoms with E-state index in [2.05, 4.69) is 15.6 Å². The van der Waals surface area contributed by atoms with Gasteiger partial charge in [-0.1, -0.05) is 0 Å². The Morgan fingerprint density at radius 3 is 2.64 bits per heavy atom. The molecule has 1 atom stereocenters. The lowest BCUT2D eigenvalue weighted by atomic mass is 10.2. The van der Waals surface area contributed by atoms with Crippen LogP contribution in [0.15, 0.2) is 42.7 Å². The summed E-state index contributed by atoms with van der Waals surface area (Å²) in [7, 11) is 0. The summed E-state index contributed by atoms with van der Waals surface area (Å²) in [4.78, 5) is 29.4. The first-order valence-electron chi connectivity index (χ1n) is 7.75.